The van der Waals surface area contributed by atoms with E-state index in [0.29, 0.717) is 0 Å². The molecule has 1 N–H and O–H groups in total. The first-order chi connectivity index (χ1) is 12.1. The molecule has 0 unspecified atom stereocenters. The molecular formula is C20H18IN3S. The molecule has 2 heterocycles. The number of hydrogen-bond acceptors (Lipinski definition) is 3. The summed E-state index contributed by atoms with van der Waals surface area (Å²) in [5.41, 5.74) is 9.46. The minimum absolute atomic E-state index is 0.151. The van der Waals surface area contributed by atoms with E-state index >= 15 is 0 Å². The SMILES string of the molecule is Cc1cc([C@@H]2NN=C(c3ccccc3)S2)c(C)n1-c1cccc(I)c1. The summed E-state index contributed by atoms with van der Waals surface area (Å²) in [6.45, 7) is 4.35. The Morgan fingerprint density at radius 2 is 1.84 bits per heavy atom. The van der Waals surface area contributed by atoms with E-state index in [2.05, 4.69) is 106 Å². The highest BCUT2D eigenvalue weighted by molar-refractivity contribution is 14.1. The molecule has 25 heavy (non-hydrogen) atoms. The molecule has 0 aliphatic carbocycles. The van der Waals surface area contributed by atoms with Crippen molar-refractivity contribution in [3.63, 3.8) is 0 Å². The monoisotopic (exact) mass is 459 g/mol. The van der Waals surface area contributed by atoms with E-state index in [4.69, 9.17) is 0 Å². The number of hydrazone groups is 1. The molecule has 0 saturated carbocycles. The number of thioether (sulfide) groups is 1. The van der Waals surface area contributed by atoms with Gasteiger partial charge in [-0.25, -0.2) is 0 Å². The topological polar surface area (TPSA) is 29.3 Å². The summed E-state index contributed by atoms with van der Waals surface area (Å²) in [4.78, 5) is 0. The molecule has 0 spiro atoms. The van der Waals surface area contributed by atoms with Gasteiger partial charge in [-0.1, -0.05) is 48.2 Å². The Balaban J connectivity index is 1.64. The molecule has 4 rings (SSSR count). The van der Waals surface area contributed by atoms with Gasteiger partial charge in [-0.3, -0.25) is 5.43 Å². The maximum Gasteiger partial charge on any atom is 0.126 e. The van der Waals surface area contributed by atoms with Crippen molar-refractivity contribution in [2.45, 2.75) is 19.2 Å². The number of hydrogen-bond donors (Lipinski definition) is 1. The Labute approximate surface area is 165 Å². The molecule has 0 radical (unpaired) electrons. The molecular weight excluding hydrogens is 441 g/mol. The number of aryl methyl sites for hydroxylation is 1. The minimum atomic E-state index is 0.151. The molecule has 126 valence electrons. The van der Waals surface area contributed by atoms with E-state index < -0.39 is 0 Å². The Morgan fingerprint density at radius 3 is 2.60 bits per heavy atom. The van der Waals surface area contributed by atoms with Crippen LogP contribution in [0, 0.1) is 17.4 Å². The summed E-state index contributed by atoms with van der Waals surface area (Å²) in [6, 6.07) is 21.2. The van der Waals surface area contributed by atoms with E-state index in [9.17, 15) is 0 Å². The normalized spacial score (nSPS) is 16.6. The van der Waals surface area contributed by atoms with Gasteiger partial charge in [-0.15, -0.1) is 0 Å². The Hall–Kier alpha value is -1.73. The van der Waals surface area contributed by atoms with Gasteiger partial charge in [-0.05, 0) is 60.7 Å². The molecule has 5 heteroatoms. The maximum absolute atomic E-state index is 4.55. The van der Waals surface area contributed by atoms with Gasteiger partial charge >= 0.3 is 0 Å². The number of aromatic nitrogens is 1. The van der Waals surface area contributed by atoms with Crippen LogP contribution >= 0.6 is 34.4 Å². The quantitative estimate of drug-likeness (QED) is 0.532. The van der Waals surface area contributed by atoms with Gasteiger partial charge in [-0.2, -0.15) is 5.10 Å². The largest absolute Gasteiger partial charge is 0.318 e. The van der Waals surface area contributed by atoms with Gasteiger partial charge in [0.2, 0.25) is 0 Å². The van der Waals surface area contributed by atoms with Crippen molar-refractivity contribution < 1.29 is 0 Å². The van der Waals surface area contributed by atoms with Crippen LogP contribution in [-0.4, -0.2) is 9.61 Å². The van der Waals surface area contributed by atoms with Crippen molar-refractivity contribution in [3.05, 3.63) is 86.7 Å². The van der Waals surface area contributed by atoms with Crippen LogP contribution in [0.15, 0.2) is 65.8 Å². The van der Waals surface area contributed by atoms with Gasteiger partial charge in [0, 0.05) is 31.8 Å². The second-order valence-corrected chi connectivity index (χ2v) is 8.39. The first-order valence-electron chi connectivity index (χ1n) is 8.13. The third kappa shape index (κ3) is 3.22. The summed E-state index contributed by atoms with van der Waals surface area (Å²) >= 11 is 4.14. The summed E-state index contributed by atoms with van der Waals surface area (Å²) in [5, 5.41) is 5.75. The van der Waals surface area contributed by atoms with Crippen LogP contribution in [0.25, 0.3) is 5.69 Å². The molecule has 2 aromatic carbocycles. The van der Waals surface area contributed by atoms with Gasteiger partial charge in [0.15, 0.2) is 0 Å². The van der Waals surface area contributed by atoms with Crippen LogP contribution < -0.4 is 5.43 Å². The van der Waals surface area contributed by atoms with Crippen LogP contribution in [0.2, 0.25) is 0 Å². The number of rotatable bonds is 3. The van der Waals surface area contributed by atoms with Gasteiger partial charge in [0.25, 0.3) is 0 Å². The molecule has 0 fully saturated rings. The van der Waals surface area contributed by atoms with Crippen LogP contribution in [0.3, 0.4) is 0 Å². The van der Waals surface area contributed by atoms with Crippen molar-refractivity contribution >= 4 is 39.4 Å². The lowest BCUT2D eigenvalue weighted by Crippen LogP contribution is -2.08. The standard InChI is InChI=1S/C20H18IN3S/c1-13-11-18(14(2)24(13)17-10-6-9-16(21)12-17)20-23-22-19(25-20)15-7-4-3-5-8-15/h3-12,20,23H,1-2H3/t20-/m1/s1. The lowest BCUT2D eigenvalue weighted by atomic mass is 10.2. The zero-order chi connectivity index (χ0) is 17.4. The third-order valence-electron chi connectivity index (χ3n) is 4.35. The van der Waals surface area contributed by atoms with E-state index in [1.807, 2.05) is 6.07 Å². The lowest BCUT2D eigenvalue weighted by molar-refractivity contribution is 0.737. The van der Waals surface area contributed by atoms with Crippen LogP contribution in [0.5, 0.6) is 0 Å². The molecule has 3 nitrogen and oxygen atoms in total. The highest BCUT2D eigenvalue weighted by atomic mass is 127. The average Bonchev–Trinajstić information content (AvgIpc) is 3.20. The predicted octanol–water partition coefficient (Wildman–Crippen LogP) is 5.40. The fourth-order valence-corrected chi connectivity index (χ4v) is 4.79. The average molecular weight is 459 g/mol. The van der Waals surface area contributed by atoms with E-state index in [0.717, 1.165) is 10.6 Å². The van der Waals surface area contributed by atoms with Crippen molar-refractivity contribution in [1.82, 2.24) is 9.99 Å². The van der Waals surface area contributed by atoms with Crippen LogP contribution in [0.1, 0.15) is 27.9 Å². The summed E-state index contributed by atoms with van der Waals surface area (Å²) in [6.07, 6.45) is 0. The molecule has 1 aliphatic rings. The molecule has 0 saturated heterocycles. The number of nitrogens with zero attached hydrogens (tertiary/aromatic N) is 2. The fraction of sp³-hybridized carbons (Fsp3) is 0.150. The minimum Gasteiger partial charge on any atom is -0.318 e. The van der Waals surface area contributed by atoms with Crippen molar-refractivity contribution in [3.8, 4) is 5.69 Å². The van der Waals surface area contributed by atoms with Gasteiger partial charge < -0.3 is 4.57 Å². The smallest absolute Gasteiger partial charge is 0.126 e. The van der Waals surface area contributed by atoms with E-state index in [1.54, 1.807) is 11.8 Å². The highest BCUT2D eigenvalue weighted by Crippen LogP contribution is 2.37. The second-order valence-electron chi connectivity index (χ2n) is 6.05. The van der Waals surface area contributed by atoms with Crippen molar-refractivity contribution in [2.75, 3.05) is 0 Å². The van der Waals surface area contributed by atoms with Gasteiger partial charge in [0.1, 0.15) is 10.4 Å². The lowest BCUT2D eigenvalue weighted by Gasteiger charge is -2.13. The number of halogens is 1. The van der Waals surface area contributed by atoms with Gasteiger partial charge in [0.05, 0.1) is 0 Å². The molecule has 0 bridgehead atoms. The summed E-state index contributed by atoms with van der Waals surface area (Å²) < 4.78 is 3.56. The Kier molecular flexibility index (Phi) is 4.60. The number of benzene rings is 2. The molecule has 1 aliphatic heterocycles. The molecule has 1 atom stereocenters. The maximum atomic E-state index is 4.55. The molecule has 1 aromatic heterocycles. The number of nitrogens with one attached hydrogen (secondary N) is 1. The Bertz CT molecular complexity index is 947. The summed E-state index contributed by atoms with van der Waals surface area (Å²) in [5.74, 6) is 0. The van der Waals surface area contributed by atoms with Crippen molar-refractivity contribution in [2.24, 2.45) is 5.10 Å². The second kappa shape index (κ2) is 6.88. The first-order valence-corrected chi connectivity index (χ1v) is 10.1. The molecule has 0 amide bonds. The predicted molar refractivity (Wildman–Crippen MR) is 114 cm³/mol. The zero-order valence-corrected chi connectivity index (χ0v) is 17.0. The fourth-order valence-electron chi connectivity index (χ4n) is 3.19. The highest BCUT2D eigenvalue weighted by Gasteiger charge is 2.26. The molecule has 3 aromatic rings. The summed E-state index contributed by atoms with van der Waals surface area (Å²) in [7, 11) is 0. The third-order valence-corrected chi connectivity index (χ3v) is 6.17. The Morgan fingerprint density at radius 1 is 1.04 bits per heavy atom. The van der Waals surface area contributed by atoms with Crippen molar-refractivity contribution in [1.29, 1.82) is 0 Å². The van der Waals surface area contributed by atoms with E-state index in [-0.39, 0.29) is 5.37 Å². The van der Waals surface area contributed by atoms with Crippen LogP contribution in [-0.2, 0) is 0 Å². The van der Waals surface area contributed by atoms with E-state index in [1.165, 1.54) is 26.2 Å². The first kappa shape index (κ1) is 16.7. The zero-order valence-electron chi connectivity index (χ0n) is 14.0. The van der Waals surface area contributed by atoms with Crippen LogP contribution in [0.4, 0.5) is 0 Å².